The van der Waals surface area contributed by atoms with Gasteiger partial charge in [-0.2, -0.15) is 0 Å². The number of carbonyl (C=O) groups excluding carboxylic acids is 2. The molecule has 174 valence electrons. The Morgan fingerprint density at radius 2 is 1.91 bits per heavy atom. The second-order valence-electron chi connectivity index (χ2n) is 9.50. The van der Waals surface area contributed by atoms with Gasteiger partial charge in [0.2, 0.25) is 11.8 Å². The molecule has 1 aromatic carbocycles. The summed E-state index contributed by atoms with van der Waals surface area (Å²) in [5.41, 5.74) is 2.73. The van der Waals surface area contributed by atoms with Crippen LogP contribution < -0.4 is 9.64 Å². The van der Waals surface area contributed by atoms with Gasteiger partial charge in [0, 0.05) is 23.7 Å². The number of hydrogen-bond acceptors (Lipinski definition) is 5. The number of piperidine rings is 1. The van der Waals surface area contributed by atoms with Crippen molar-refractivity contribution in [3.63, 3.8) is 0 Å². The first kappa shape index (κ1) is 21.9. The van der Waals surface area contributed by atoms with Gasteiger partial charge in [0.05, 0.1) is 26.1 Å². The first-order valence-corrected chi connectivity index (χ1v) is 12.2. The lowest BCUT2D eigenvalue weighted by molar-refractivity contribution is -0.139. The van der Waals surface area contributed by atoms with Crippen molar-refractivity contribution in [3.8, 4) is 5.75 Å². The summed E-state index contributed by atoms with van der Waals surface area (Å²) in [6.45, 7) is 3.17. The molecular formula is C26H32N4O3. The van der Waals surface area contributed by atoms with Crippen LogP contribution in [0.4, 0.5) is 5.82 Å². The summed E-state index contributed by atoms with van der Waals surface area (Å²) in [5.74, 6) is 2.59. The number of aryl methyl sites for hydroxylation is 1. The number of nitrogens with zero attached hydrogens (tertiary/aromatic N) is 4. The maximum absolute atomic E-state index is 13.3. The van der Waals surface area contributed by atoms with E-state index < -0.39 is 0 Å². The highest BCUT2D eigenvalue weighted by atomic mass is 16.5. The van der Waals surface area contributed by atoms with Crippen LogP contribution >= 0.6 is 0 Å². The minimum Gasteiger partial charge on any atom is -0.497 e. The Bertz CT molecular complexity index is 1060. The summed E-state index contributed by atoms with van der Waals surface area (Å²) in [7, 11) is 1.64. The van der Waals surface area contributed by atoms with Gasteiger partial charge in [0.15, 0.2) is 5.82 Å². The molecule has 5 rings (SSSR count). The Kier molecular flexibility index (Phi) is 6.04. The van der Waals surface area contributed by atoms with E-state index in [0.29, 0.717) is 24.6 Å². The third kappa shape index (κ3) is 4.21. The number of rotatable bonds is 5. The molecule has 0 spiro atoms. The summed E-state index contributed by atoms with van der Waals surface area (Å²) in [4.78, 5) is 39.8. The average molecular weight is 449 g/mol. The van der Waals surface area contributed by atoms with Gasteiger partial charge in [-0.3, -0.25) is 14.5 Å². The zero-order valence-electron chi connectivity index (χ0n) is 19.5. The third-order valence-electron chi connectivity index (χ3n) is 7.36. The molecule has 0 N–H and O–H groups in total. The van der Waals surface area contributed by atoms with Crippen molar-refractivity contribution in [2.24, 2.45) is 5.92 Å². The summed E-state index contributed by atoms with van der Waals surface area (Å²) in [5, 5.41) is 0. The van der Waals surface area contributed by atoms with E-state index in [9.17, 15) is 9.59 Å². The molecule has 3 heterocycles. The van der Waals surface area contributed by atoms with E-state index in [1.165, 1.54) is 0 Å². The number of methoxy groups -OCH3 is 1. The maximum atomic E-state index is 13.3. The number of amides is 2. The smallest absolute Gasteiger partial charge is 0.233 e. The highest BCUT2D eigenvalue weighted by Gasteiger charge is 2.37. The van der Waals surface area contributed by atoms with E-state index in [0.717, 1.165) is 74.1 Å². The predicted octanol–water partition coefficient (Wildman–Crippen LogP) is 4.13. The molecule has 33 heavy (non-hydrogen) atoms. The average Bonchev–Trinajstić information content (AvgIpc) is 3.48. The zero-order chi connectivity index (χ0) is 22.9. The second kappa shape index (κ2) is 9.12. The topological polar surface area (TPSA) is 75.6 Å². The van der Waals surface area contributed by atoms with Crippen molar-refractivity contribution in [2.75, 3.05) is 18.6 Å². The van der Waals surface area contributed by atoms with Gasteiger partial charge in [-0.25, -0.2) is 9.97 Å². The molecule has 1 saturated heterocycles. The fourth-order valence-electron chi connectivity index (χ4n) is 5.53. The van der Waals surface area contributed by atoms with Crippen LogP contribution in [-0.4, -0.2) is 40.3 Å². The van der Waals surface area contributed by atoms with Crippen LogP contribution in [0.3, 0.4) is 0 Å². The molecule has 0 bridgehead atoms. The molecular weight excluding hydrogens is 416 g/mol. The zero-order valence-corrected chi connectivity index (χ0v) is 19.5. The fraction of sp³-hybridized carbons (Fsp3) is 0.538. The van der Waals surface area contributed by atoms with E-state index in [4.69, 9.17) is 14.7 Å². The first-order valence-electron chi connectivity index (χ1n) is 12.2. The molecule has 2 aromatic rings. The lowest BCUT2D eigenvalue weighted by Gasteiger charge is -2.36. The monoisotopic (exact) mass is 448 g/mol. The van der Waals surface area contributed by atoms with Gasteiger partial charge in [-0.1, -0.05) is 25.0 Å². The van der Waals surface area contributed by atoms with Crippen LogP contribution in [0.1, 0.15) is 73.6 Å². The molecule has 0 radical (unpaired) electrons. The Morgan fingerprint density at radius 3 is 2.70 bits per heavy atom. The highest BCUT2D eigenvalue weighted by molar-refractivity contribution is 6.00. The van der Waals surface area contributed by atoms with Crippen molar-refractivity contribution in [3.05, 3.63) is 46.9 Å². The molecule has 7 heteroatoms. The molecule has 1 saturated carbocycles. The van der Waals surface area contributed by atoms with Gasteiger partial charge in [-0.05, 0) is 56.7 Å². The van der Waals surface area contributed by atoms with Gasteiger partial charge >= 0.3 is 0 Å². The van der Waals surface area contributed by atoms with E-state index in [1.807, 2.05) is 36.1 Å². The predicted molar refractivity (Wildman–Crippen MR) is 125 cm³/mol. The van der Waals surface area contributed by atoms with E-state index in [2.05, 4.69) is 0 Å². The van der Waals surface area contributed by atoms with Crippen LogP contribution in [0, 0.1) is 12.8 Å². The van der Waals surface area contributed by atoms with Crippen LogP contribution in [-0.2, 0) is 22.6 Å². The minimum atomic E-state index is -0.106. The summed E-state index contributed by atoms with van der Waals surface area (Å²) >= 11 is 0. The molecule has 2 amide bonds. The van der Waals surface area contributed by atoms with Crippen LogP contribution in [0.25, 0.3) is 0 Å². The quantitative estimate of drug-likeness (QED) is 0.688. The molecule has 1 atom stereocenters. The second-order valence-corrected chi connectivity index (χ2v) is 9.50. The number of benzene rings is 1. The molecule has 1 aliphatic carbocycles. The number of ether oxygens (including phenoxy) is 1. The number of fused-ring (bicyclic) bond motifs is 1. The van der Waals surface area contributed by atoms with Crippen LogP contribution in [0.5, 0.6) is 5.75 Å². The summed E-state index contributed by atoms with van der Waals surface area (Å²) in [6, 6.07) is 7.66. The van der Waals surface area contributed by atoms with Crippen molar-refractivity contribution in [1.82, 2.24) is 14.9 Å². The number of likely N-dealkylation sites (tertiary alicyclic amines) is 1. The van der Waals surface area contributed by atoms with Crippen molar-refractivity contribution >= 4 is 17.6 Å². The highest BCUT2D eigenvalue weighted by Crippen LogP contribution is 2.37. The van der Waals surface area contributed by atoms with Crippen LogP contribution in [0.2, 0.25) is 0 Å². The lowest BCUT2D eigenvalue weighted by atomic mass is 9.97. The van der Waals surface area contributed by atoms with Gasteiger partial charge in [0.1, 0.15) is 11.6 Å². The van der Waals surface area contributed by atoms with Gasteiger partial charge in [0.25, 0.3) is 0 Å². The SMILES string of the molecule is COc1cccc(CN2C(=O)Cc3c(C)nc([C@@H]4CCCCN4C(=O)C4CCCC4)nc32)c1. The largest absolute Gasteiger partial charge is 0.497 e. The van der Waals surface area contributed by atoms with Gasteiger partial charge < -0.3 is 9.64 Å². The Hall–Kier alpha value is -2.96. The fourth-order valence-corrected chi connectivity index (χ4v) is 5.53. The summed E-state index contributed by atoms with van der Waals surface area (Å²) in [6.07, 6.45) is 7.56. The Labute approximate surface area is 195 Å². The van der Waals surface area contributed by atoms with Crippen molar-refractivity contribution < 1.29 is 14.3 Å². The molecule has 0 unspecified atom stereocenters. The molecule has 2 aliphatic heterocycles. The molecule has 7 nitrogen and oxygen atoms in total. The molecule has 3 aliphatic rings. The minimum absolute atomic E-state index is 0.0323. The van der Waals surface area contributed by atoms with Crippen LogP contribution in [0.15, 0.2) is 24.3 Å². The van der Waals surface area contributed by atoms with Crippen molar-refractivity contribution in [2.45, 2.75) is 70.9 Å². The number of carbonyl (C=O) groups is 2. The Balaban J connectivity index is 1.46. The number of aromatic nitrogens is 2. The maximum Gasteiger partial charge on any atom is 0.233 e. The van der Waals surface area contributed by atoms with Crippen molar-refractivity contribution in [1.29, 1.82) is 0 Å². The van der Waals surface area contributed by atoms with E-state index in [1.54, 1.807) is 12.0 Å². The standard InChI is InChI=1S/C26H32N4O3/c1-17-21-15-23(31)30(16-18-8-7-11-20(14-18)33-2)25(21)28-24(27-17)22-12-5-6-13-29(22)26(32)19-9-3-4-10-19/h7-8,11,14,19,22H,3-6,9-10,12-13,15-16H2,1-2H3/t22-/m0/s1. The summed E-state index contributed by atoms with van der Waals surface area (Å²) < 4.78 is 5.34. The molecule has 1 aromatic heterocycles. The normalized spacial score (nSPS) is 20.9. The lowest BCUT2D eigenvalue weighted by Crippen LogP contribution is -2.42. The first-order chi connectivity index (χ1) is 16.0. The third-order valence-corrected chi connectivity index (χ3v) is 7.36. The number of anilines is 1. The Morgan fingerprint density at radius 1 is 1.12 bits per heavy atom. The van der Waals surface area contributed by atoms with Gasteiger partial charge in [-0.15, -0.1) is 0 Å². The van der Waals surface area contributed by atoms with E-state index in [-0.39, 0.29) is 23.8 Å². The molecule has 2 fully saturated rings. The number of hydrogen-bond donors (Lipinski definition) is 0. The van der Waals surface area contributed by atoms with E-state index >= 15 is 0 Å².